The molecule has 3 fully saturated rings. The Labute approximate surface area is 327 Å². The minimum atomic E-state index is -1.06. The van der Waals surface area contributed by atoms with Crippen LogP contribution in [0.25, 0.3) is 21.9 Å². The van der Waals surface area contributed by atoms with Crippen molar-refractivity contribution in [3.8, 4) is 5.75 Å². The van der Waals surface area contributed by atoms with Crippen LogP contribution in [0.4, 0.5) is 16.3 Å². The molecule has 3 aliphatic heterocycles. The topological polar surface area (TPSA) is 156 Å². The number of nitrogens with zero attached hydrogens (tertiary/aromatic N) is 5. The van der Waals surface area contributed by atoms with Gasteiger partial charge in [0.1, 0.15) is 17.1 Å². The number of nitrogens with one attached hydrogen (secondary N) is 3. The van der Waals surface area contributed by atoms with Gasteiger partial charge in [0, 0.05) is 90.9 Å². The van der Waals surface area contributed by atoms with Gasteiger partial charge < -0.3 is 38.9 Å². The van der Waals surface area contributed by atoms with Gasteiger partial charge in [-0.2, -0.15) is 0 Å². The number of hydrogen-bond acceptors (Lipinski definition) is 11. The molecule has 0 spiro atoms. The second kappa shape index (κ2) is 16.0. The molecule has 298 valence electrons. The summed E-state index contributed by atoms with van der Waals surface area (Å²) in [5, 5.41) is 22.4. The number of urea groups is 1. The SMILES string of the molecule is CN1CCN(Cc2c(OC(O)N3CCC(N4CCCCC4)CC3)ccc3[nH]c(C(=O)c4cc5cc(NC(=O)Nc6cc(C(C)(C)C)on6)ccc5o4)cc23)CC1. The minimum Gasteiger partial charge on any atom is -0.453 e. The van der Waals surface area contributed by atoms with E-state index >= 15 is 0 Å². The largest absolute Gasteiger partial charge is 0.453 e. The number of piperazine rings is 1. The summed E-state index contributed by atoms with van der Waals surface area (Å²) >= 11 is 0. The second-order valence-corrected chi connectivity index (χ2v) is 16.7. The van der Waals surface area contributed by atoms with Crippen LogP contribution in [0.2, 0.25) is 0 Å². The summed E-state index contributed by atoms with van der Waals surface area (Å²) in [5.41, 5.74) is 2.92. The second-order valence-electron chi connectivity index (χ2n) is 16.7. The first-order chi connectivity index (χ1) is 27.0. The first kappa shape index (κ1) is 38.2. The molecule has 1 atom stereocenters. The van der Waals surface area contributed by atoms with Gasteiger partial charge in [-0.15, -0.1) is 0 Å². The molecule has 0 saturated carbocycles. The number of likely N-dealkylation sites (tertiary alicyclic amines) is 2. The molecular formula is C42H54N8O6. The highest BCUT2D eigenvalue weighted by Gasteiger charge is 2.30. The first-order valence-electron chi connectivity index (χ1n) is 20.0. The van der Waals surface area contributed by atoms with Gasteiger partial charge in [-0.3, -0.25) is 15.0 Å². The number of aromatic amines is 1. The molecule has 5 aromatic rings. The number of fused-ring (bicyclic) bond motifs is 2. The van der Waals surface area contributed by atoms with E-state index in [0.717, 1.165) is 68.6 Å². The van der Waals surface area contributed by atoms with Crippen LogP contribution in [0.15, 0.2) is 57.5 Å². The quantitative estimate of drug-likeness (QED) is 0.0919. The smallest absolute Gasteiger partial charge is 0.324 e. The van der Waals surface area contributed by atoms with Gasteiger partial charge in [-0.1, -0.05) is 32.3 Å². The van der Waals surface area contributed by atoms with E-state index in [1.54, 1.807) is 30.3 Å². The van der Waals surface area contributed by atoms with Gasteiger partial charge >= 0.3 is 6.03 Å². The van der Waals surface area contributed by atoms with E-state index in [1.165, 1.54) is 32.4 Å². The Kier molecular flexibility index (Phi) is 10.9. The molecule has 3 saturated heterocycles. The van der Waals surface area contributed by atoms with E-state index < -0.39 is 12.4 Å². The number of rotatable bonds is 10. The Hall–Kier alpha value is -4.73. The van der Waals surface area contributed by atoms with Crippen molar-refractivity contribution >= 4 is 45.2 Å². The fourth-order valence-corrected chi connectivity index (χ4v) is 8.14. The van der Waals surface area contributed by atoms with E-state index in [2.05, 4.69) is 42.5 Å². The molecule has 56 heavy (non-hydrogen) atoms. The van der Waals surface area contributed by atoms with E-state index in [1.807, 2.05) is 43.9 Å². The van der Waals surface area contributed by atoms with E-state index in [4.69, 9.17) is 13.7 Å². The van der Waals surface area contributed by atoms with E-state index in [9.17, 15) is 14.7 Å². The molecule has 2 amide bonds. The zero-order valence-corrected chi connectivity index (χ0v) is 32.9. The lowest BCUT2D eigenvalue weighted by Crippen LogP contribution is -2.50. The van der Waals surface area contributed by atoms with Crippen molar-refractivity contribution < 1.29 is 28.4 Å². The van der Waals surface area contributed by atoms with Crippen molar-refractivity contribution in [3.05, 3.63) is 71.3 Å². The van der Waals surface area contributed by atoms with Crippen LogP contribution in [-0.4, -0.2) is 119 Å². The molecule has 14 heteroatoms. The summed E-state index contributed by atoms with van der Waals surface area (Å²) in [6.45, 7) is 14.3. The Morgan fingerprint density at radius 2 is 1.71 bits per heavy atom. The molecule has 3 aliphatic rings. The number of piperidine rings is 2. The molecule has 8 rings (SSSR count). The van der Waals surface area contributed by atoms with Crippen LogP contribution in [0.1, 0.15) is 80.4 Å². The lowest BCUT2D eigenvalue weighted by Gasteiger charge is -2.41. The van der Waals surface area contributed by atoms with Crippen LogP contribution in [0, 0.1) is 0 Å². The Bertz CT molecular complexity index is 2160. The highest BCUT2D eigenvalue weighted by atomic mass is 16.6. The third-order valence-corrected chi connectivity index (χ3v) is 11.5. The Morgan fingerprint density at radius 1 is 0.946 bits per heavy atom. The number of furan rings is 1. The number of carbonyl (C=O) groups excluding carboxylic acids is 2. The lowest BCUT2D eigenvalue weighted by atomic mass is 9.93. The van der Waals surface area contributed by atoms with Crippen molar-refractivity contribution in [3.63, 3.8) is 0 Å². The normalized spacial score (nSPS) is 19.1. The summed E-state index contributed by atoms with van der Waals surface area (Å²) < 4.78 is 17.8. The summed E-state index contributed by atoms with van der Waals surface area (Å²) in [6.07, 6.45) is 4.86. The molecule has 3 aromatic heterocycles. The van der Waals surface area contributed by atoms with Crippen LogP contribution in [-0.2, 0) is 12.0 Å². The number of H-pyrrole nitrogens is 1. The molecule has 4 N–H and O–H groups in total. The number of anilines is 2. The van der Waals surface area contributed by atoms with Crippen molar-refractivity contribution in [1.29, 1.82) is 0 Å². The van der Waals surface area contributed by atoms with Gasteiger partial charge in [0.25, 0.3) is 6.41 Å². The number of aliphatic hydroxyl groups is 1. The zero-order valence-electron chi connectivity index (χ0n) is 32.9. The summed E-state index contributed by atoms with van der Waals surface area (Å²) in [7, 11) is 2.14. The first-order valence-corrected chi connectivity index (χ1v) is 20.0. The van der Waals surface area contributed by atoms with Gasteiger partial charge in [0.05, 0.1) is 5.69 Å². The standard InChI is InChI=1S/C42H54N8O6/c1-42(2,3)37-25-38(46-56-37)45-40(52)43-28-8-10-34-27(22-28)23-36(54-34)39(51)33-24-30-31(26-48-20-18-47(4)19-21-48)35(11-9-32(30)44-33)55-41(53)50-16-12-29(13-17-50)49-14-6-5-7-15-49/h8-11,22-25,29,41,44,53H,5-7,12-21,26H2,1-4H3,(H2,43,45,46,52). The summed E-state index contributed by atoms with van der Waals surface area (Å²) in [5.74, 6) is 1.47. The molecule has 0 radical (unpaired) electrons. The van der Waals surface area contributed by atoms with Crippen molar-refractivity contribution in [2.24, 2.45) is 0 Å². The number of benzene rings is 2. The fourth-order valence-electron chi connectivity index (χ4n) is 8.14. The molecule has 2 aromatic carbocycles. The molecule has 6 heterocycles. The number of ether oxygens (including phenoxy) is 1. The third-order valence-electron chi connectivity index (χ3n) is 11.5. The van der Waals surface area contributed by atoms with Crippen LogP contribution in [0.5, 0.6) is 5.75 Å². The minimum absolute atomic E-state index is 0.172. The van der Waals surface area contributed by atoms with Crippen molar-refractivity contribution in [2.45, 2.75) is 77.3 Å². The average Bonchev–Trinajstić information content (AvgIpc) is 3.95. The zero-order chi connectivity index (χ0) is 39.0. The highest BCUT2D eigenvalue weighted by molar-refractivity contribution is 6.11. The Balaban J connectivity index is 0.984. The maximum Gasteiger partial charge on any atom is 0.324 e. The van der Waals surface area contributed by atoms with Gasteiger partial charge in [0.2, 0.25) is 5.78 Å². The number of amides is 2. The maximum absolute atomic E-state index is 14.0. The maximum atomic E-state index is 14.0. The summed E-state index contributed by atoms with van der Waals surface area (Å²) in [4.78, 5) is 39.4. The molecule has 1 unspecified atom stereocenters. The number of aliphatic hydroxyl groups excluding tert-OH is 1. The molecule has 0 aliphatic carbocycles. The molecule has 14 nitrogen and oxygen atoms in total. The van der Waals surface area contributed by atoms with Gasteiger partial charge in [-0.05, 0) is 88.3 Å². The van der Waals surface area contributed by atoms with E-state index in [-0.39, 0.29) is 17.0 Å². The fraction of sp³-hybridized carbons (Fsp3) is 0.500. The van der Waals surface area contributed by atoms with Crippen LogP contribution >= 0.6 is 0 Å². The van der Waals surface area contributed by atoms with Gasteiger partial charge in [-0.25, -0.2) is 9.69 Å². The monoisotopic (exact) mass is 766 g/mol. The molecule has 0 bridgehead atoms. The van der Waals surface area contributed by atoms with Crippen molar-refractivity contribution in [1.82, 2.24) is 29.7 Å². The summed E-state index contributed by atoms with van der Waals surface area (Å²) in [6, 6.07) is 14.4. The van der Waals surface area contributed by atoms with E-state index in [0.29, 0.717) is 52.3 Å². The molecular weight excluding hydrogens is 713 g/mol. The number of carbonyl (C=O) groups is 2. The number of ketones is 1. The number of hydrogen-bond donors (Lipinski definition) is 4. The van der Waals surface area contributed by atoms with Crippen LogP contribution in [0.3, 0.4) is 0 Å². The van der Waals surface area contributed by atoms with Gasteiger partial charge in [0.15, 0.2) is 11.6 Å². The number of aromatic nitrogens is 2. The predicted octanol–water partition coefficient (Wildman–Crippen LogP) is 6.43. The van der Waals surface area contributed by atoms with Crippen LogP contribution < -0.4 is 15.4 Å². The van der Waals surface area contributed by atoms with Crippen molar-refractivity contribution in [2.75, 3.05) is 70.0 Å². The highest BCUT2D eigenvalue weighted by Crippen LogP contribution is 2.34. The Morgan fingerprint density at radius 3 is 2.45 bits per heavy atom. The third kappa shape index (κ3) is 8.49. The lowest BCUT2D eigenvalue weighted by molar-refractivity contribution is -0.146. The number of likely N-dealkylation sites (N-methyl/N-ethyl adjacent to an activating group) is 1. The predicted molar refractivity (Wildman–Crippen MR) is 215 cm³/mol. The average molecular weight is 767 g/mol.